The van der Waals surface area contributed by atoms with Crippen molar-refractivity contribution in [3.8, 4) is 11.5 Å². The maximum Gasteiger partial charge on any atom is 0.137 e. The van der Waals surface area contributed by atoms with Crippen LogP contribution in [0.25, 0.3) is 0 Å². The fourth-order valence-electron chi connectivity index (χ4n) is 2.00. The molecule has 0 aliphatic rings. The van der Waals surface area contributed by atoms with Crippen molar-refractivity contribution in [2.75, 3.05) is 0 Å². The summed E-state index contributed by atoms with van der Waals surface area (Å²) in [6.07, 6.45) is 2.99. The summed E-state index contributed by atoms with van der Waals surface area (Å²) in [5.41, 5.74) is 1.25. The lowest BCUT2D eigenvalue weighted by molar-refractivity contribution is 0.317. The Bertz CT molecular complexity index is 784. The van der Waals surface area contributed by atoms with Gasteiger partial charge in [-0.25, -0.2) is 9.67 Å². The van der Waals surface area contributed by atoms with Gasteiger partial charge in [-0.2, -0.15) is 5.10 Å². The van der Waals surface area contributed by atoms with Gasteiger partial charge in [0.15, 0.2) is 0 Å². The molecule has 0 saturated heterocycles. The third-order valence-corrected chi connectivity index (χ3v) is 3.39. The Morgan fingerprint density at radius 1 is 1.09 bits per heavy atom. The molecule has 2 aromatic carbocycles. The van der Waals surface area contributed by atoms with Gasteiger partial charge in [0.2, 0.25) is 0 Å². The molecule has 3 aromatic rings. The molecule has 116 valence electrons. The topological polar surface area (TPSA) is 72.5 Å². The van der Waals surface area contributed by atoms with Gasteiger partial charge in [0.05, 0.1) is 6.54 Å². The van der Waals surface area contributed by atoms with Crippen molar-refractivity contribution >= 4 is 17.3 Å². The molecule has 0 bridgehead atoms. The van der Waals surface area contributed by atoms with Gasteiger partial charge in [0.25, 0.3) is 0 Å². The van der Waals surface area contributed by atoms with Gasteiger partial charge in [-0.3, -0.25) is 0 Å². The highest BCUT2D eigenvalue weighted by molar-refractivity contribution is 6.30. The largest absolute Gasteiger partial charge is 0.457 e. The normalized spacial score (nSPS) is 11.4. The second-order valence-electron chi connectivity index (χ2n) is 4.72. The molecular weight excluding hydrogens is 316 g/mol. The van der Waals surface area contributed by atoms with Gasteiger partial charge < -0.3 is 9.94 Å². The molecule has 0 aliphatic carbocycles. The fourth-order valence-corrected chi connectivity index (χ4v) is 2.13. The number of ether oxygens (including phenoxy) is 1. The molecule has 0 spiro atoms. The second-order valence-corrected chi connectivity index (χ2v) is 5.16. The lowest BCUT2D eigenvalue weighted by atomic mass is 10.1. The number of rotatable bonds is 5. The van der Waals surface area contributed by atoms with E-state index in [2.05, 4.69) is 15.2 Å². The summed E-state index contributed by atoms with van der Waals surface area (Å²) in [5.74, 6) is 1.37. The zero-order valence-corrected chi connectivity index (χ0v) is 12.8. The van der Waals surface area contributed by atoms with Crippen LogP contribution in [0.1, 0.15) is 5.56 Å². The van der Waals surface area contributed by atoms with E-state index < -0.39 is 0 Å². The Morgan fingerprint density at radius 3 is 2.30 bits per heavy atom. The van der Waals surface area contributed by atoms with Crippen LogP contribution >= 0.6 is 11.6 Å². The van der Waals surface area contributed by atoms with E-state index in [1.165, 1.54) is 6.33 Å². The van der Waals surface area contributed by atoms with Crippen LogP contribution < -0.4 is 4.74 Å². The number of halogens is 1. The molecule has 3 rings (SSSR count). The van der Waals surface area contributed by atoms with Gasteiger partial charge in [0, 0.05) is 10.6 Å². The minimum absolute atomic E-state index is 0.327. The first kappa shape index (κ1) is 15.1. The van der Waals surface area contributed by atoms with Crippen molar-refractivity contribution in [1.82, 2.24) is 14.8 Å². The molecule has 6 nitrogen and oxygen atoms in total. The van der Waals surface area contributed by atoms with Crippen LogP contribution in [-0.4, -0.2) is 25.7 Å². The zero-order valence-electron chi connectivity index (χ0n) is 12.0. The highest BCUT2D eigenvalue weighted by Gasteiger charge is 2.07. The van der Waals surface area contributed by atoms with E-state index in [1.807, 2.05) is 12.1 Å². The molecule has 0 radical (unpaired) electrons. The average molecular weight is 329 g/mol. The summed E-state index contributed by atoms with van der Waals surface area (Å²) in [4.78, 5) is 3.86. The van der Waals surface area contributed by atoms with Crippen molar-refractivity contribution in [2.45, 2.75) is 6.54 Å². The van der Waals surface area contributed by atoms with Crippen molar-refractivity contribution in [3.05, 3.63) is 71.8 Å². The first-order chi connectivity index (χ1) is 11.2. The number of oxime groups is 1. The van der Waals surface area contributed by atoms with Gasteiger partial charge in [-0.05, 0) is 48.5 Å². The summed E-state index contributed by atoms with van der Waals surface area (Å²) < 4.78 is 7.30. The Labute approximate surface area is 137 Å². The minimum atomic E-state index is 0.327. The summed E-state index contributed by atoms with van der Waals surface area (Å²) in [5, 5.41) is 17.2. The Balaban J connectivity index is 1.72. The second kappa shape index (κ2) is 6.93. The predicted molar refractivity (Wildman–Crippen MR) is 86.3 cm³/mol. The predicted octanol–water partition coefficient (Wildman–Crippen LogP) is 3.60. The standard InChI is InChI=1S/C16H13ClN4O2/c17-13-3-7-15(8-4-13)23-14-5-1-12(2-6-14)16(20-22)9-21-11-18-10-19-21/h1-8,10-11,22H,9H2. The van der Waals surface area contributed by atoms with E-state index >= 15 is 0 Å². The highest BCUT2D eigenvalue weighted by Crippen LogP contribution is 2.23. The summed E-state index contributed by atoms with van der Waals surface area (Å²) >= 11 is 5.84. The summed E-state index contributed by atoms with van der Waals surface area (Å²) in [6, 6.07) is 14.4. The van der Waals surface area contributed by atoms with Gasteiger partial charge in [-0.1, -0.05) is 16.8 Å². The SMILES string of the molecule is ON=C(Cn1cncn1)c1ccc(Oc2ccc(Cl)cc2)cc1. The molecule has 0 amide bonds. The average Bonchev–Trinajstić information content (AvgIpc) is 3.09. The Morgan fingerprint density at radius 2 is 1.74 bits per heavy atom. The van der Waals surface area contributed by atoms with E-state index in [1.54, 1.807) is 47.4 Å². The molecule has 1 heterocycles. The monoisotopic (exact) mass is 328 g/mol. The fraction of sp³-hybridized carbons (Fsp3) is 0.0625. The third-order valence-electron chi connectivity index (χ3n) is 3.14. The van der Waals surface area contributed by atoms with Gasteiger partial charge >= 0.3 is 0 Å². The van der Waals surface area contributed by atoms with E-state index in [0.717, 1.165) is 5.56 Å². The minimum Gasteiger partial charge on any atom is -0.457 e. The lowest BCUT2D eigenvalue weighted by Crippen LogP contribution is -2.12. The van der Waals surface area contributed by atoms with Crippen LogP contribution in [0.2, 0.25) is 5.02 Å². The smallest absolute Gasteiger partial charge is 0.137 e. The molecule has 1 aromatic heterocycles. The number of aromatic nitrogens is 3. The zero-order chi connectivity index (χ0) is 16.1. The molecule has 1 N–H and O–H groups in total. The van der Waals surface area contributed by atoms with E-state index in [0.29, 0.717) is 28.8 Å². The summed E-state index contributed by atoms with van der Waals surface area (Å²) in [7, 11) is 0. The van der Waals surface area contributed by atoms with Crippen molar-refractivity contribution in [3.63, 3.8) is 0 Å². The maximum absolute atomic E-state index is 9.19. The van der Waals surface area contributed by atoms with Crippen molar-refractivity contribution in [2.24, 2.45) is 5.16 Å². The number of hydrogen-bond donors (Lipinski definition) is 1. The number of nitrogens with zero attached hydrogens (tertiary/aromatic N) is 4. The summed E-state index contributed by atoms with van der Waals surface area (Å²) in [6.45, 7) is 0.327. The van der Waals surface area contributed by atoms with Crippen LogP contribution in [0.4, 0.5) is 0 Å². The van der Waals surface area contributed by atoms with Crippen LogP contribution in [-0.2, 0) is 6.54 Å². The maximum atomic E-state index is 9.19. The van der Waals surface area contributed by atoms with Crippen LogP contribution in [0.5, 0.6) is 11.5 Å². The van der Waals surface area contributed by atoms with Crippen molar-refractivity contribution in [1.29, 1.82) is 0 Å². The molecule has 0 saturated carbocycles. The molecule has 0 fully saturated rings. The van der Waals surface area contributed by atoms with Crippen molar-refractivity contribution < 1.29 is 9.94 Å². The number of hydrogen-bond acceptors (Lipinski definition) is 5. The molecule has 0 unspecified atom stereocenters. The van der Waals surface area contributed by atoms with E-state index in [9.17, 15) is 5.21 Å². The molecule has 0 atom stereocenters. The third kappa shape index (κ3) is 3.87. The number of benzene rings is 2. The molecule has 0 aliphatic heterocycles. The quantitative estimate of drug-likeness (QED) is 0.441. The van der Waals surface area contributed by atoms with Crippen LogP contribution in [0.3, 0.4) is 0 Å². The molecular formula is C16H13ClN4O2. The molecule has 23 heavy (non-hydrogen) atoms. The van der Waals surface area contributed by atoms with Crippen LogP contribution in [0, 0.1) is 0 Å². The van der Waals surface area contributed by atoms with Crippen LogP contribution in [0.15, 0.2) is 66.3 Å². The molecule has 7 heteroatoms. The first-order valence-corrected chi connectivity index (χ1v) is 7.19. The van der Waals surface area contributed by atoms with E-state index in [-0.39, 0.29) is 0 Å². The van der Waals surface area contributed by atoms with Gasteiger partial charge in [0.1, 0.15) is 29.9 Å². The van der Waals surface area contributed by atoms with Gasteiger partial charge in [-0.15, -0.1) is 0 Å². The first-order valence-electron chi connectivity index (χ1n) is 6.82. The lowest BCUT2D eigenvalue weighted by Gasteiger charge is -2.08. The van der Waals surface area contributed by atoms with E-state index in [4.69, 9.17) is 16.3 Å². The Hall–Kier alpha value is -2.86. The Kier molecular flexibility index (Phi) is 4.54. The highest BCUT2D eigenvalue weighted by atomic mass is 35.5.